The zero-order chi connectivity index (χ0) is 12.5. The van der Waals surface area contributed by atoms with Crippen LogP contribution in [0.15, 0.2) is 24.5 Å². The molecule has 0 aromatic carbocycles. The molecule has 0 aliphatic carbocycles. The third-order valence-corrected chi connectivity index (χ3v) is 2.63. The van der Waals surface area contributed by atoms with E-state index in [1.807, 2.05) is 12.1 Å². The molecule has 2 N–H and O–H groups in total. The van der Waals surface area contributed by atoms with Crippen molar-refractivity contribution in [1.29, 1.82) is 0 Å². The number of pyridine rings is 1. The van der Waals surface area contributed by atoms with E-state index in [0.29, 0.717) is 5.11 Å². The smallest absolute Gasteiger partial charge is 0.166 e. The minimum absolute atomic E-state index is 0.181. The van der Waals surface area contributed by atoms with E-state index in [-0.39, 0.29) is 6.04 Å². The van der Waals surface area contributed by atoms with Crippen molar-refractivity contribution in [3.8, 4) is 0 Å². The van der Waals surface area contributed by atoms with Crippen molar-refractivity contribution in [2.75, 3.05) is 20.3 Å². The van der Waals surface area contributed by atoms with Crippen LogP contribution in [0, 0.1) is 0 Å². The lowest BCUT2D eigenvalue weighted by Gasteiger charge is -2.17. The van der Waals surface area contributed by atoms with Crippen molar-refractivity contribution >= 4 is 17.3 Å². The van der Waals surface area contributed by atoms with Crippen LogP contribution in [0.25, 0.3) is 0 Å². The maximum absolute atomic E-state index is 5.20. The Kier molecular flexibility index (Phi) is 6.50. The van der Waals surface area contributed by atoms with Gasteiger partial charge < -0.3 is 15.4 Å². The predicted molar refractivity (Wildman–Crippen MR) is 72.9 cm³/mol. The summed E-state index contributed by atoms with van der Waals surface area (Å²) < 4.78 is 4.96. The van der Waals surface area contributed by atoms with Crippen LogP contribution >= 0.6 is 12.2 Å². The second-order valence-corrected chi connectivity index (χ2v) is 4.16. The first-order valence-corrected chi connectivity index (χ1v) is 6.08. The normalized spacial score (nSPS) is 11.9. The quantitative estimate of drug-likeness (QED) is 0.596. The molecule has 0 radical (unpaired) electrons. The Morgan fingerprint density at radius 3 is 2.82 bits per heavy atom. The summed E-state index contributed by atoms with van der Waals surface area (Å²) in [5.41, 5.74) is 1.17. The van der Waals surface area contributed by atoms with Gasteiger partial charge in [0.15, 0.2) is 5.11 Å². The fourth-order valence-corrected chi connectivity index (χ4v) is 1.68. The molecule has 0 spiro atoms. The predicted octanol–water partition coefficient (Wildman–Crippen LogP) is 1.64. The molecule has 5 heteroatoms. The van der Waals surface area contributed by atoms with Crippen LogP contribution in [-0.2, 0) is 4.74 Å². The second kappa shape index (κ2) is 7.97. The van der Waals surface area contributed by atoms with E-state index < -0.39 is 0 Å². The SMILES string of the molecule is COCCCNC(=S)NC(C)c1ccncc1. The van der Waals surface area contributed by atoms with E-state index >= 15 is 0 Å². The van der Waals surface area contributed by atoms with E-state index in [4.69, 9.17) is 17.0 Å². The van der Waals surface area contributed by atoms with Gasteiger partial charge >= 0.3 is 0 Å². The largest absolute Gasteiger partial charge is 0.385 e. The standard InChI is InChI=1S/C12H19N3OS/c1-10(11-4-7-13-8-5-11)15-12(17)14-6-3-9-16-2/h4-5,7-8,10H,3,6,9H2,1-2H3,(H2,14,15,17). The fraction of sp³-hybridized carbons (Fsp3) is 0.500. The third-order valence-electron chi connectivity index (χ3n) is 2.36. The first-order valence-electron chi connectivity index (χ1n) is 5.67. The zero-order valence-electron chi connectivity index (χ0n) is 10.3. The Bertz CT molecular complexity index is 332. The van der Waals surface area contributed by atoms with Crippen LogP contribution in [0.1, 0.15) is 24.9 Å². The lowest BCUT2D eigenvalue weighted by Crippen LogP contribution is -2.37. The summed E-state index contributed by atoms with van der Waals surface area (Å²) in [6, 6.07) is 4.14. The average molecular weight is 253 g/mol. The molecular formula is C12H19N3OS. The number of thiocarbonyl (C=S) groups is 1. The van der Waals surface area contributed by atoms with Gasteiger partial charge in [0.2, 0.25) is 0 Å². The van der Waals surface area contributed by atoms with Gasteiger partial charge in [-0.05, 0) is 43.3 Å². The van der Waals surface area contributed by atoms with E-state index in [2.05, 4.69) is 22.5 Å². The number of hydrogen-bond acceptors (Lipinski definition) is 3. The zero-order valence-corrected chi connectivity index (χ0v) is 11.1. The van der Waals surface area contributed by atoms with Crippen LogP contribution in [-0.4, -0.2) is 30.4 Å². The summed E-state index contributed by atoms with van der Waals surface area (Å²) in [5, 5.41) is 7.04. The summed E-state index contributed by atoms with van der Waals surface area (Å²) >= 11 is 5.20. The minimum atomic E-state index is 0.181. The van der Waals surface area contributed by atoms with Gasteiger partial charge in [-0.3, -0.25) is 4.98 Å². The van der Waals surface area contributed by atoms with Crippen LogP contribution in [0.5, 0.6) is 0 Å². The van der Waals surface area contributed by atoms with E-state index in [1.165, 1.54) is 5.56 Å². The highest BCUT2D eigenvalue weighted by Gasteiger charge is 2.05. The highest BCUT2D eigenvalue weighted by molar-refractivity contribution is 7.80. The molecule has 4 nitrogen and oxygen atoms in total. The van der Waals surface area contributed by atoms with Gasteiger partial charge in [0.25, 0.3) is 0 Å². The molecule has 1 aromatic heterocycles. The van der Waals surface area contributed by atoms with Gasteiger partial charge in [-0.15, -0.1) is 0 Å². The van der Waals surface area contributed by atoms with Gasteiger partial charge in [-0.1, -0.05) is 0 Å². The molecule has 17 heavy (non-hydrogen) atoms. The molecule has 1 rings (SSSR count). The summed E-state index contributed by atoms with van der Waals surface area (Å²) in [4.78, 5) is 3.99. The Morgan fingerprint density at radius 1 is 1.47 bits per heavy atom. The van der Waals surface area contributed by atoms with Crippen molar-refractivity contribution in [3.05, 3.63) is 30.1 Å². The van der Waals surface area contributed by atoms with E-state index in [0.717, 1.165) is 19.6 Å². The molecule has 1 heterocycles. The maximum atomic E-state index is 5.20. The Balaban J connectivity index is 2.26. The van der Waals surface area contributed by atoms with Gasteiger partial charge in [0.05, 0.1) is 6.04 Å². The fourth-order valence-electron chi connectivity index (χ4n) is 1.40. The number of rotatable bonds is 6. The van der Waals surface area contributed by atoms with E-state index in [9.17, 15) is 0 Å². The van der Waals surface area contributed by atoms with Crippen LogP contribution < -0.4 is 10.6 Å². The minimum Gasteiger partial charge on any atom is -0.385 e. The van der Waals surface area contributed by atoms with E-state index in [1.54, 1.807) is 19.5 Å². The molecule has 0 amide bonds. The molecule has 0 saturated carbocycles. The van der Waals surface area contributed by atoms with Crippen molar-refractivity contribution in [2.45, 2.75) is 19.4 Å². The number of nitrogens with one attached hydrogen (secondary N) is 2. The van der Waals surface area contributed by atoms with Gasteiger partial charge in [0.1, 0.15) is 0 Å². The summed E-state index contributed by atoms with van der Waals surface area (Å²) in [5.74, 6) is 0. The molecule has 0 fully saturated rings. The van der Waals surface area contributed by atoms with Gasteiger partial charge in [-0.2, -0.15) is 0 Å². The summed E-state index contributed by atoms with van der Waals surface area (Å²) in [6.07, 6.45) is 4.51. The molecule has 1 unspecified atom stereocenters. The third kappa shape index (κ3) is 5.60. The molecule has 0 aliphatic rings. The summed E-state index contributed by atoms with van der Waals surface area (Å²) in [6.45, 7) is 3.64. The second-order valence-electron chi connectivity index (χ2n) is 3.75. The van der Waals surface area contributed by atoms with Crippen molar-refractivity contribution in [1.82, 2.24) is 15.6 Å². The molecule has 94 valence electrons. The number of methoxy groups -OCH3 is 1. The average Bonchev–Trinajstić information content (AvgIpc) is 2.36. The first-order chi connectivity index (χ1) is 8.24. The number of ether oxygens (including phenoxy) is 1. The summed E-state index contributed by atoms with van der Waals surface area (Å²) in [7, 11) is 1.70. The van der Waals surface area contributed by atoms with Gasteiger partial charge in [0, 0.05) is 32.7 Å². The van der Waals surface area contributed by atoms with Crippen molar-refractivity contribution in [2.24, 2.45) is 0 Å². The van der Waals surface area contributed by atoms with Crippen LogP contribution in [0.4, 0.5) is 0 Å². The van der Waals surface area contributed by atoms with Gasteiger partial charge in [-0.25, -0.2) is 0 Å². The maximum Gasteiger partial charge on any atom is 0.166 e. The van der Waals surface area contributed by atoms with Crippen molar-refractivity contribution < 1.29 is 4.74 Å². The monoisotopic (exact) mass is 253 g/mol. The molecule has 0 bridgehead atoms. The molecule has 1 atom stereocenters. The number of nitrogens with zero attached hydrogens (tertiary/aromatic N) is 1. The molecule has 0 aliphatic heterocycles. The lowest BCUT2D eigenvalue weighted by atomic mass is 10.1. The van der Waals surface area contributed by atoms with Crippen LogP contribution in [0.3, 0.4) is 0 Å². The molecule has 0 saturated heterocycles. The number of hydrogen-bond donors (Lipinski definition) is 2. The topological polar surface area (TPSA) is 46.2 Å². The first kappa shape index (κ1) is 13.9. The highest BCUT2D eigenvalue weighted by atomic mass is 32.1. The van der Waals surface area contributed by atoms with Crippen LogP contribution in [0.2, 0.25) is 0 Å². The molecular weight excluding hydrogens is 234 g/mol. The molecule has 1 aromatic rings. The Labute approximate surface area is 108 Å². The highest BCUT2D eigenvalue weighted by Crippen LogP contribution is 2.09. The number of aromatic nitrogens is 1. The van der Waals surface area contributed by atoms with Crippen molar-refractivity contribution in [3.63, 3.8) is 0 Å². The lowest BCUT2D eigenvalue weighted by molar-refractivity contribution is 0.195. The Morgan fingerprint density at radius 2 is 2.18 bits per heavy atom. The Hall–Kier alpha value is -1.20.